The number of anilines is 1. The molecule has 0 aliphatic rings. The molecule has 0 aliphatic heterocycles. The number of rotatable bonds is 6. The Bertz CT molecular complexity index is 1460. The molecule has 2 N–H and O–H groups in total. The summed E-state index contributed by atoms with van der Waals surface area (Å²) < 4.78 is 2.54. The van der Waals surface area contributed by atoms with Crippen molar-refractivity contribution >= 4 is 50.7 Å². The van der Waals surface area contributed by atoms with E-state index >= 15 is 0 Å². The van der Waals surface area contributed by atoms with Gasteiger partial charge in [-0.2, -0.15) is 0 Å². The average Bonchev–Trinajstić information content (AvgIpc) is 3.15. The van der Waals surface area contributed by atoms with Crippen molar-refractivity contribution in [1.82, 2.24) is 14.5 Å². The number of fused-ring (bicyclic) bond motifs is 1. The number of carbonyl (C=O) groups is 1. The fourth-order valence-corrected chi connectivity index (χ4v) is 4.76. The highest BCUT2D eigenvalue weighted by Crippen LogP contribution is 2.31. The van der Waals surface area contributed by atoms with E-state index in [9.17, 15) is 24.5 Å². The quantitative estimate of drug-likeness (QED) is 0.251. The van der Waals surface area contributed by atoms with Gasteiger partial charge in [0.25, 0.3) is 11.2 Å². The zero-order chi connectivity index (χ0) is 22.8. The zero-order valence-electron chi connectivity index (χ0n) is 16.5. The number of hydrogen-bond acceptors (Lipinski definition) is 8. The van der Waals surface area contributed by atoms with Crippen molar-refractivity contribution in [2.75, 3.05) is 11.1 Å². The van der Waals surface area contributed by atoms with Crippen LogP contribution in [-0.2, 0) is 4.79 Å². The highest BCUT2D eigenvalue weighted by molar-refractivity contribution is 8.01. The Hall–Kier alpha value is -3.77. The van der Waals surface area contributed by atoms with Gasteiger partial charge in [-0.05, 0) is 25.1 Å². The van der Waals surface area contributed by atoms with Crippen LogP contribution < -0.4 is 16.6 Å². The summed E-state index contributed by atoms with van der Waals surface area (Å²) in [7, 11) is 0. The lowest BCUT2D eigenvalue weighted by atomic mass is 10.2. The summed E-state index contributed by atoms with van der Waals surface area (Å²) in [6.45, 7) is 1.90. The topological polar surface area (TPSA) is 140 Å². The Labute approximate surface area is 188 Å². The minimum atomic E-state index is -0.669. The number of aromatic nitrogens is 3. The number of hydrogen-bond donors (Lipinski definition) is 2. The Morgan fingerprint density at radius 3 is 2.69 bits per heavy atom. The average molecular weight is 470 g/mol. The molecule has 1 amide bonds. The van der Waals surface area contributed by atoms with E-state index in [-0.39, 0.29) is 17.3 Å². The summed E-state index contributed by atoms with van der Waals surface area (Å²) in [6.07, 6.45) is 0. The lowest BCUT2D eigenvalue weighted by molar-refractivity contribution is -0.384. The van der Waals surface area contributed by atoms with Gasteiger partial charge in [0.2, 0.25) is 5.91 Å². The summed E-state index contributed by atoms with van der Waals surface area (Å²) in [4.78, 5) is 53.6. The number of nitrogens with one attached hydrogen (secondary N) is 2. The monoisotopic (exact) mass is 469 g/mol. The van der Waals surface area contributed by atoms with Crippen LogP contribution in [0.4, 0.5) is 11.5 Å². The second-order valence-electron chi connectivity index (χ2n) is 6.72. The van der Waals surface area contributed by atoms with Gasteiger partial charge >= 0.3 is 5.69 Å². The number of nitrogens with zero attached hydrogens (tertiary/aromatic N) is 3. The number of aryl methyl sites for hydroxylation is 1. The van der Waals surface area contributed by atoms with Crippen molar-refractivity contribution in [1.29, 1.82) is 0 Å². The molecule has 0 fully saturated rings. The van der Waals surface area contributed by atoms with Gasteiger partial charge in [0.1, 0.15) is 5.82 Å². The van der Waals surface area contributed by atoms with Crippen LogP contribution in [0.1, 0.15) is 5.56 Å². The molecule has 2 aromatic carbocycles. The maximum Gasteiger partial charge on any atom is 0.334 e. The molecule has 2 heterocycles. The van der Waals surface area contributed by atoms with E-state index in [4.69, 9.17) is 0 Å². The molecule has 0 spiro atoms. The Morgan fingerprint density at radius 1 is 1.22 bits per heavy atom. The van der Waals surface area contributed by atoms with Gasteiger partial charge < -0.3 is 5.32 Å². The molecule has 0 saturated carbocycles. The number of nitro groups is 1. The lowest BCUT2D eigenvalue weighted by Crippen LogP contribution is -2.32. The first-order valence-electron chi connectivity index (χ1n) is 9.21. The predicted octanol–water partition coefficient (Wildman–Crippen LogP) is 3.08. The molecular weight excluding hydrogens is 454 g/mol. The summed E-state index contributed by atoms with van der Waals surface area (Å²) in [6, 6.07) is 12.6. The fourth-order valence-electron chi connectivity index (χ4n) is 2.91. The molecule has 0 saturated heterocycles. The summed E-state index contributed by atoms with van der Waals surface area (Å²) in [5.74, 6) is -0.421. The molecule has 0 aliphatic carbocycles. The zero-order valence-corrected chi connectivity index (χ0v) is 18.2. The summed E-state index contributed by atoms with van der Waals surface area (Å²) in [5, 5.41) is 13.5. The number of aromatic amines is 1. The van der Waals surface area contributed by atoms with Crippen LogP contribution in [0.15, 0.2) is 62.5 Å². The largest absolute Gasteiger partial charge is 0.334 e. The number of thioether (sulfide) groups is 1. The smallest absolute Gasteiger partial charge is 0.311 e. The van der Waals surface area contributed by atoms with Crippen molar-refractivity contribution in [2.45, 2.75) is 11.3 Å². The van der Waals surface area contributed by atoms with Gasteiger partial charge in [-0.3, -0.25) is 24.7 Å². The van der Waals surface area contributed by atoms with Crippen LogP contribution in [0.2, 0.25) is 0 Å². The number of carbonyl (C=O) groups excluding carboxylic acids is 1. The summed E-state index contributed by atoms with van der Waals surface area (Å²) >= 11 is 2.46. The first-order valence-corrected chi connectivity index (χ1v) is 11.0. The molecule has 162 valence electrons. The third kappa shape index (κ3) is 4.60. The fraction of sp³-hybridized carbons (Fsp3) is 0.100. The standard InChI is InChI=1S/C20H15N5O5S2/c1-11-2-4-12(5-3-11)24-16(9-17(26)23-19(24)28)22-18(27)10-31-20-21-14-8-13(25(29)30)6-7-15(14)32-20/h2-9H,10H2,1H3,(H,22,27)(H,23,26,28). The van der Waals surface area contributed by atoms with Crippen molar-refractivity contribution in [3.05, 3.63) is 85.0 Å². The maximum atomic E-state index is 12.5. The van der Waals surface area contributed by atoms with Crippen LogP contribution >= 0.6 is 23.1 Å². The van der Waals surface area contributed by atoms with Crippen LogP contribution in [0, 0.1) is 17.0 Å². The maximum absolute atomic E-state index is 12.5. The van der Waals surface area contributed by atoms with Gasteiger partial charge in [0.15, 0.2) is 4.34 Å². The number of H-pyrrole nitrogens is 1. The Balaban J connectivity index is 1.53. The van der Waals surface area contributed by atoms with E-state index in [1.54, 1.807) is 18.2 Å². The number of nitro benzene ring substituents is 1. The number of amides is 1. The second kappa shape index (κ2) is 8.77. The van der Waals surface area contributed by atoms with E-state index in [2.05, 4.69) is 15.3 Å². The molecule has 0 atom stereocenters. The Kier molecular flexibility index (Phi) is 5.88. The molecule has 4 rings (SSSR count). The van der Waals surface area contributed by atoms with Gasteiger partial charge in [0, 0.05) is 18.2 Å². The molecule has 4 aromatic rings. The van der Waals surface area contributed by atoms with Gasteiger partial charge in [-0.1, -0.05) is 29.5 Å². The van der Waals surface area contributed by atoms with E-state index in [0.717, 1.165) is 28.1 Å². The van der Waals surface area contributed by atoms with Crippen LogP contribution in [-0.4, -0.2) is 31.1 Å². The van der Waals surface area contributed by atoms with E-state index in [1.807, 2.05) is 19.1 Å². The predicted molar refractivity (Wildman–Crippen MR) is 123 cm³/mol. The third-order valence-electron chi connectivity index (χ3n) is 4.39. The third-order valence-corrected chi connectivity index (χ3v) is 6.57. The molecular formula is C20H15N5O5S2. The second-order valence-corrected chi connectivity index (χ2v) is 8.97. The SMILES string of the molecule is Cc1ccc(-n2c(NC(=O)CSc3nc4cc([N+](=O)[O-])ccc4s3)cc(=O)[nH]c2=O)cc1. The molecule has 12 heteroatoms. The number of thiazole rings is 1. The van der Waals surface area contributed by atoms with E-state index < -0.39 is 22.1 Å². The van der Waals surface area contributed by atoms with Gasteiger partial charge in [-0.15, -0.1) is 11.3 Å². The highest BCUT2D eigenvalue weighted by atomic mass is 32.2. The number of non-ortho nitro benzene ring substituents is 1. The molecule has 2 aromatic heterocycles. The van der Waals surface area contributed by atoms with Crippen molar-refractivity contribution in [2.24, 2.45) is 0 Å². The minimum Gasteiger partial charge on any atom is -0.311 e. The molecule has 0 radical (unpaired) electrons. The normalized spacial score (nSPS) is 10.9. The van der Waals surface area contributed by atoms with Crippen LogP contribution in [0.5, 0.6) is 0 Å². The highest BCUT2D eigenvalue weighted by Gasteiger charge is 2.14. The molecule has 10 nitrogen and oxygen atoms in total. The summed E-state index contributed by atoms with van der Waals surface area (Å²) in [5.41, 5.74) is 0.614. The first kappa shape index (κ1) is 21.5. The molecule has 0 bridgehead atoms. The van der Waals surface area contributed by atoms with E-state index in [0.29, 0.717) is 15.5 Å². The van der Waals surface area contributed by atoms with Gasteiger partial charge in [0.05, 0.1) is 26.6 Å². The van der Waals surface area contributed by atoms with Crippen LogP contribution in [0.25, 0.3) is 15.9 Å². The van der Waals surface area contributed by atoms with Crippen molar-refractivity contribution < 1.29 is 9.72 Å². The molecule has 32 heavy (non-hydrogen) atoms. The molecule has 0 unspecified atom stereocenters. The van der Waals surface area contributed by atoms with E-state index in [1.165, 1.54) is 28.0 Å². The van der Waals surface area contributed by atoms with Crippen molar-refractivity contribution in [3.63, 3.8) is 0 Å². The van der Waals surface area contributed by atoms with Gasteiger partial charge in [-0.25, -0.2) is 14.3 Å². The lowest BCUT2D eigenvalue weighted by Gasteiger charge is -2.13. The van der Waals surface area contributed by atoms with Crippen LogP contribution in [0.3, 0.4) is 0 Å². The first-order chi connectivity index (χ1) is 15.3. The van der Waals surface area contributed by atoms with Crippen molar-refractivity contribution in [3.8, 4) is 5.69 Å². The minimum absolute atomic E-state index is 0.0309. The Morgan fingerprint density at radius 2 is 1.97 bits per heavy atom. The number of benzene rings is 2.